The Bertz CT molecular complexity index is 1150. The van der Waals surface area contributed by atoms with Gasteiger partial charge in [-0.25, -0.2) is 4.79 Å². The summed E-state index contributed by atoms with van der Waals surface area (Å²) < 4.78 is 0. The quantitative estimate of drug-likeness (QED) is 0.136. The van der Waals surface area contributed by atoms with Crippen molar-refractivity contribution in [1.29, 1.82) is 0 Å². The first-order chi connectivity index (χ1) is 18.5. The van der Waals surface area contributed by atoms with E-state index in [4.69, 9.17) is 10.8 Å². The molecule has 4 atom stereocenters. The van der Waals surface area contributed by atoms with Crippen LogP contribution in [0.4, 0.5) is 0 Å². The number of carbonyl (C=O) groups is 5. The summed E-state index contributed by atoms with van der Waals surface area (Å²) in [5.41, 5.74) is 7.47. The zero-order valence-corrected chi connectivity index (χ0v) is 21.8. The van der Waals surface area contributed by atoms with Crippen LogP contribution in [-0.2, 0) is 36.8 Å². The van der Waals surface area contributed by atoms with Crippen LogP contribution in [0.25, 0.3) is 0 Å². The number of carboxylic acids is 2. The Morgan fingerprint density at radius 2 is 1.28 bits per heavy atom. The van der Waals surface area contributed by atoms with Gasteiger partial charge in [0.05, 0.1) is 6.04 Å². The van der Waals surface area contributed by atoms with E-state index in [1.807, 2.05) is 0 Å². The molecule has 4 unspecified atom stereocenters. The highest BCUT2D eigenvalue weighted by Crippen LogP contribution is 2.11. The SMILES string of the molecule is NC(Cc1ccc(O)cc1)C(=O)NC(Cc1ccccc1)C(=O)NC(CS)C(=O)NC(CCC(=O)O)C(=O)O. The number of amides is 3. The molecule has 0 aliphatic carbocycles. The van der Waals surface area contributed by atoms with E-state index in [2.05, 4.69) is 28.6 Å². The first-order valence-electron chi connectivity index (χ1n) is 12.0. The van der Waals surface area contributed by atoms with Crippen molar-refractivity contribution in [2.45, 2.75) is 49.9 Å². The molecule has 3 amide bonds. The number of carboxylic acid groups (broad SMARTS) is 2. The van der Waals surface area contributed by atoms with Crippen LogP contribution in [0.5, 0.6) is 5.75 Å². The number of nitrogens with one attached hydrogen (secondary N) is 3. The average Bonchev–Trinajstić information content (AvgIpc) is 2.90. The molecule has 13 heteroatoms. The van der Waals surface area contributed by atoms with E-state index >= 15 is 0 Å². The molecule has 0 aromatic heterocycles. The highest BCUT2D eigenvalue weighted by Gasteiger charge is 2.30. The van der Waals surface area contributed by atoms with Crippen LogP contribution in [0.3, 0.4) is 0 Å². The number of hydrogen-bond acceptors (Lipinski definition) is 8. The fourth-order valence-electron chi connectivity index (χ4n) is 3.58. The molecule has 12 nitrogen and oxygen atoms in total. The first-order valence-corrected chi connectivity index (χ1v) is 12.7. The second-order valence-corrected chi connectivity index (χ2v) is 9.17. The molecule has 0 heterocycles. The van der Waals surface area contributed by atoms with Crippen LogP contribution < -0.4 is 21.7 Å². The van der Waals surface area contributed by atoms with Gasteiger partial charge in [0.1, 0.15) is 23.9 Å². The number of benzene rings is 2. The van der Waals surface area contributed by atoms with E-state index < -0.39 is 60.2 Å². The summed E-state index contributed by atoms with van der Waals surface area (Å²) >= 11 is 4.08. The minimum absolute atomic E-state index is 0.0655. The molecule has 0 saturated heterocycles. The number of carbonyl (C=O) groups excluding carboxylic acids is 3. The summed E-state index contributed by atoms with van der Waals surface area (Å²) in [7, 11) is 0. The molecule has 0 radical (unpaired) electrons. The van der Waals surface area contributed by atoms with Gasteiger partial charge in [0.15, 0.2) is 0 Å². The third kappa shape index (κ3) is 10.7. The Balaban J connectivity index is 2.13. The maximum absolute atomic E-state index is 13.2. The molecule has 0 aliphatic heterocycles. The van der Waals surface area contributed by atoms with Crippen molar-refractivity contribution in [2.24, 2.45) is 5.73 Å². The van der Waals surface area contributed by atoms with E-state index in [0.29, 0.717) is 5.56 Å². The Kier molecular flexibility index (Phi) is 12.2. The molecule has 39 heavy (non-hydrogen) atoms. The van der Waals surface area contributed by atoms with Gasteiger partial charge < -0.3 is 37.0 Å². The van der Waals surface area contributed by atoms with Gasteiger partial charge in [-0.15, -0.1) is 0 Å². The van der Waals surface area contributed by atoms with E-state index in [9.17, 15) is 34.2 Å². The van der Waals surface area contributed by atoms with Gasteiger partial charge in [0.2, 0.25) is 17.7 Å². The molecule has 0 saturated carbocycles. The van der Waals surface area contributed by atoms with Crippen molar-refractivity contribution in [3.8, 4) is 5.75 Å². The molecule has 2 aromatic carbocycles. The molecule has 0 spiro atoms. The lowest BCUT2D eigenvalue weighted by atomic mass is 10.0. The summed E-state index contributed by atoms with van der Waals surface area (Å²) in [6.45, 7) is 0. The second-order valence-electron chi connectivity index (χ2n) is 8.80. The van der Waals surface area contributed by atoms with Crippen molar-refractivity contribution >= 4 is 42.3 Å². The minimum atomic E-state index is -1.48. The number of phenolic OH excluding ortho intramolecular Hbond substituents is 1. The Hall–Kier alpha value is -4.10. The predicted molar refractivity (Wildman–Crippen MR) is 144 cm³/mol. The number of aliphatic carboxylic acids is 2. The third-order valence-corrected chi connectivity index (χ3v) is 6.09. The highest BCUT2D eigenvalue weighted by atomic mass is 32.1. The van der Waals surface area contributed by atoms with Crippen molar-refractivity contribution in [2.75, 3.05) is 5.75 Å². The zero-order valence-electron chi connectivity index (χ0n) is 20.9. The number of phenols is 1. The predicted octanol–water partition coefficient (Wildman–Crippen LogP) is -0.162. The molecular weight excluding hydrogens is 528 g/mol. The lowest BCUT2D eigenvalue weighted by molar-refractivity contribution is -0.143. The summed E-state index contributed by atoms with van der Waals surface area (Å²) in [5, 5.41) is 34.9. The largest absolute Gasteiger partial charge is 0.508 e. The van der Waals surface area contributed by atoms with E-state index in [0.717, 1.165) is 5.56 Å². The molecular formula is C26H32N4O8S. The Morgan fingerprint density at radius 3 is 1.85 bits per heavy atom. The van der Waals surface area contributed by atoms with Gasteiger partial charge in [0.25, 0.3) is 0 Å². The number of rotatable bonds is 15. The normalized spacial score (nSPS) is 13.8. The van der Waals surface area contributed by atoms with Gasteiger partial charge in [-0.3, -0.25) is 19.2 Å². The summed E-state index contributed by atoms with van der Waals surface area (Å²) in [6, 6.07) is 10.1. The van der Waals surface area contributed by atoms with Gasteiger partial charge in [-0.05, 0) is 36.1 Å². The highest BCUT2D eigenvalue weighted by molar-refractivity contribution is 7.80. The van der Waals surface area contributed by atoms with Crippen molar-refractivity contribution in [3.05, 3.63) is 65.7 Å². The molecule has 0 aliphatic rings. The van der Waals surface area contributed by atoms with Gasteiger partial charge in [-0.2, -0.15) is 12.6 Å². The van der Waals surface area contributed by atoms with Gasteiger partial charge in [-0.1, -0.05) is 42.5 Å². The minimum Gasteiger partial charge on any atom is -0.508 e. The van der Waals surface area contributed by atoms with E-state index in [1.54, 1.807) is 42.5 Å². The summed E-state index contributed by atoms with van der Waals surface area (Å²) in [6.07, 6.45) is -0.623. The fraction of sp³-hybridized carbons (Fsp3) is 0.346. The molecule has 8 N–H and O–H groups in total. The lowest BCUT2D eigenvalue weighted by Crippen LogP contribution is -2.58. The van der Waals surface area contributed by atoms with Crippen LogP contribution in [-0.4, -0.2) is 74.9 Å². The fourth-order valence-corrected chi connectivity index (χ4v) is 3.84. The maximum atomic E-state index is 13.2. The Labute approximate surface area is 230 Å². The van der Waals surface area contributed by atoms with Crippen LogP contribution >= 0.6 is 12.6 Å². The molecule has 210 valence electrons. The number of aromatic hydroxyl groups is 1. The van der Waals surface area contributed by atoms with E-state index in [-0.39, 0.29) is 30.8 Å². The van der Waals surface area contributed by atoms with Crippen molar-refractivity contribution in [3.63, 3.8) is 0 Å². The van der Waals surface area contributed by atoms with Crippen molar-refractivity contribution in [1.82, 2.24) is 16.0 Å². The van der Waals surface area contributed by atoms with Gasteiger partial charge in [0, 0.05) is 18.6 Å². The first kappa shape index (κ1) is 31.1. The van der Waals surface area contributed by atoms with Crippen molar-refractivity contribution < 1.29 is 39.3 Å². The molecule has 2 aromatic rings. The summed E-state index contributed by atoms with van der Waals surface area (Å²) in [4.78, 5) is 61.0. The van der Waals surface area contributed by atoms with Crippen LogP contribution in [0.1, 0.15) is 24.0 Å². The molecule has 0 bridgehead atoms. The third-order valence-electron chi connectivity index (χ3n) is 5.72. The lowest BCUT2D eigenvalue weighted by Gasteiger charge is -2.24. The number of thiol groups is 1. The molecule has 2 rings (SSSR count). The van der Waals surface area contributed by atoms with Crippen LogP contribution in [0.2, 0.25) is 0 Å². The monoisotopic (exact) mass is 560 g/mol. The average molecular weight is 561 g/mol. The second kappa shape index (κ2) is 15.3. The smallest absolute Gasteiger partial charge is 0.326 e. The topological polar surface area (TPSA) is 208 Å². The van der Waals surface area contributed by atoms with E-state index in [1.165, 1.54) is 12.1 Å². The number of hydrogen-bond donors (Lipinski definition) is 8. The standard InChI is InChI=1S/C26H32N4O8S/c27-18(12-16-6-8-17(31)9-7-16)23(34)29-20(13-15-4-2-1-3-5-15)24(35)30-21(14-39)25(36)28-19(26(37)38)10-11-22(32)33/h1-9,18-21,31,39H,10-14,27H2,(H,28,36)(H,29,34)(H,30,35)(H,32,33)(H,37,38). The zero-order chi connectivity index (χ0) is 28.9. The van der Waals surface area contributed by atoms with Crippen LogP contribution in [0.15, 0.2) is 54.6 Å². The maximum Gasteiger partial charge on any atom is 0.326 e. The van der Waals surface area contributed by atoms with Crippen LogP contribution in [0, 0.1) is 0 Å². The summed E-state index contributed by atoms with van der Waals surface area (Å²) in [5.74, 6) is -5.00. The number of nitrogens with two attached hydrogens (primary N) is 1. The molecule has 0 fully saturated rings. The van der Waals surface area contributed by atoms with Gasteiger partial charge >= 0.3 is 11.9 Å². The Morgan fingerprint density at radius 1 is 0.744 bits per heavy atom.